The molecule has 5 nitrogen and oxygen atoms in total. The van der Waals surface area contributed by atoms with Crippen molar-refractivity contribution in [3.05, 3.63) is 0 Å². The van der Waals surface area contributed by atoms with Gasteiger partial charge >= 0.3 is 0 Å². The van der Waals surface area contributed by atoms with Crippen molar-refractivity contribution in [2.45, 2.75) is 25.7 Å². The van der Waals surface area contributed by atoms with Gasteiger partial charge in [-0.1, -0.05) is 6.42 Å². The Hall–Kier alpha value is -0.620. The molecule has 0 unspecified atom stereocenters. The number of rotatable bonds is 0. The van der Waals surface area contributed by atoms with Gasteiger partial charge in [-0.05, 0) is 12.8 Å². The molecule has 0 aromatic heterocycles. The van der Waals surface area contributed by atoms with E-state index in [1.54, 1.807) is 0 Å². The van der Waals surface area contributed by atoms with Crippen LogP contribution in [0.2, 0.25) is 0 Å². The van der Waals surface area contributed by atoms with Crippen molar-refractivity contribution in [3.63, 3.8) is 0 Å². The fraction of sp³-hybridized carbons (Fsp3) is 0.714. The van der Waals surface area contributed by atoms with Crippen molar-refractivity contribution >= 4 is 30.7 Å². The van der Waals surface area contributed by atoms with Crippen LogP contribution in [-0.4, -0.2) is 30.9 Å². The molecule has 0 aromatic carbocycles. The lowest BCUT2D eigenvalue weighted by Crippen LogP contribution is -2.38. The van der Waals surface area contributed by atoms with Gasteiger partial charge in [0.15, 0.2) is 0 Å². The predicted octanol–water partition coefficient (Wildman–Crippen LogP) is 1.34. The van der Waals surface area contributed by atoms with Crippen LogP contribution >= 0.6 is 10.7 Å². The van der Waals surface area contributed by atoms with Gasteiger partial charge in [0, 0.05) is 23.6 Å². The number of halogens is 1. The van der Waals surface area contributed by atoms with Crippen molar-refractivity contribution in [3.8, 4) is 0 Å². The van der Waals surface area contributed by atoms with Gasteiger partial charge in [0.25, 0.3) is 9.05 Å². The lowest BCUT2D eigenvalue weighted by molar-refractivity contribution is 0.570. The topological polar surface area (TPSA) is 85.1 Å². The first kappa shape index (κ1) is 11.5. The van der Waals surface area contributed by atoms with Crippen LogP contribution in [0.1, 0.15) is 25.7 Å². The number of likely N-dealkylation sites (tertiary alicyclic amines) is 1. The fourth-order valence-corrected chi connectivity index (χ4v) is 2.08. The molecule has 0 aromatic rings. The van der Waals surface area contributed by atoms with E-state index in [9.17, 15) is 8.42 Å². The fourth-order valence-electron chi connectivity index (χ4n) is 1.36. The van der Waals surface area contributed by atoms with Crippen LogP contribution in [0.25, 0.3) is 0 Å². The average Bonchev–Trinajstić information content (AvgIpc) is 2.27. The van der Waals surface area contributed by atoms with Gasteiger partial charge in [0.1, 0.15) is 5.84 Å². The zero-order chi connectivity index (χ0) is 10.8. The molecule has 0 spiro atoms. The van der Waals surface area contributed by atoms with E-state index in [1.807, 2.05) is 0 Å². The summed E-state index contributed by atoms with van der Waals surface area (Å²) in [6.07, 6.45) is 3.12. The molecule has 1 aliphatic heterocycles. The van der Waals surface area contributed by atoms with E-state index >= 15 is 0 Å². The highest BCUT2D eigenvalue weighted by Crippen LogP contribution is 2.14. The van der Waals surface area contributed by atoms with Crippen molar-refractivity contribution in [1.82, 2.24) is 4.90 Å². The summed E-state index contributed by atoms with van der Waals surface area (Å²) in [5.41, 5.74) is 0. The molecule has 0 atom stereocenters. The SMILES string of the molecule is N=C1CCCCCN1C(=N)S(=O)(=O)Cl. The normalized spacial score (nSPS) is 19.2. The second-order valence-corrected chi connectivity index (χ2v) is 5.63. The van der Waals surface area contributed by atoms with Crippen LogP contribution in [0.5, 0.6) is 0 Å². The van der Waals surface area contributed by atoms with Crippen molar-refractivity contribution in [2.24, 2.45) is 0 Å². The molecule has 1 rings (SSSR count). The molecular formula is C7H12ClN3O2S. The minimum atomic E-state index is -4.01. The Kier molecular flexibility index (Phi) is 3.49. The summed E-state index contributed by atoms with van der Waals surface area (Å²) in [6.45, 7) is 0.392. The molecule has 0 amide bonds. The Morgan fingerprint density at radius 3 is 2.57 bits per heavy atom. The maximum absolute atomic E-state index is 10.9. The molecule has 1 saturated heterocycles. The summed E-state index contributed by atoms with van der Waals surface area (Å²) in [4.78, 5) is 1.16. The summed E-state index contributed by atoms with van der Waals surface area (Å²) in [7, 11) is 1.03. The highest BCUT2D eigenvalue weighted by molar-refractivity contribution is 8.25. The average molecular weight is 238 g/mol. The van der Waals surface area contributed by atoms with Gasteiger partial charge in [0.2, 0.25) is 5.17 Å². The predicted molar refractivity (Wildman–Crippen MR) is 55.4 cm³/mol. The van der Waals surface area contributed by atoms with Gasteiger partial charge in [-0.25, -0.2) is 8.42 Å². The third kappa shape index (κ3) is 2.68. The quantitative estimate of drug-likeness (QED) is 0.379. The van der Waals surface area contributed by atoms with E-state index in [2.05, 4.69) is 0 Å². The van der Waals surface area contributed by atoms with E-state index in [4.69, 9.17) is 21.5 Å². The number of nitrogens with zero attached hydrogens (tertiary/aromatic N) is 1. The molecular weight excluding hydrogens is 226 g/mol. The van der Waals surface area contributed by atoms with Gasteiger partial charge in [-0.15, -0.1) is 0 Å². The molecule has 0 radical (unpaired) electrons. The highest BCUT2D eigenvalue weighted by atomic mass is 35.7. The third-order valence-corrected chi connectivity index (χ3v) is 3.22. The molecule has 7 heteroatoms. The Morgan fingerprint density at radius 2 is 2.00 bits per heavy atom. The Balaban J connectivity index is 2.84. The van der Waals surface area contributed by atoms with Crippen LogP contribution in [0.15, 0.2) is 0 Å². The van der Waals surface area contributed by atoms with Crippen molar-refractivity contribution < 1.29 is 8.42 Å². The molecule has 14 heavy (non-hydrogen) atoms. The summed E-state index contributed by atoms with van der Waals surface area (Å²) in [5.74, 6) is 0.164. The Labute approximate surface area is 87.5 Å². The third-order valence-electron chi connectivity index (χ3n) is 2.10. The summed E-state index contributed by atoms with van der Waals surface area (Å²) in [5, 5.41) is 14.2. The van der Waals surface area contributed by atoms with Crippen molar-refractivity contribution in [1.29, 1.82) is 10.8 Å². The first-order chi connectivity index (χ1) is 6.43. The molecule has 0 aliphatic carbocycles. The molecule has 0 bridgehead atoms. The minimum absolute atomic E-state index is 0.164. The zero-order valence-corrected chi connectivity index (χ0v) is 9.16. The van der Waals surface area contributed by atoms with Crippen molar-refractivity contribution in [2.75, 3.05) is 6.54 Å². The second kappa shape index (κ2) is 4.27. The van der Waals surface area contributed by atoms with E-state index in [0.717, 1.165) is 24.2 Å². The Bertz CT molecular complexity index is 352. The van der Waals surface area contributed by atoms with Crippen LogP contribution in [-0.2, 0) is 9.05 Å². The number of nitrogens with one attached hydrogen (secondary N) is 2. The monoisotopic (exact) mass is 237 g/mol. The lowest BCUT2D eigenvalue weighted by atomic mass is 10.2. The number of hydrogen-bond acceptors (Lipinski definition) is 4. The molecule has 1 aliphatic rings. The maximum atomic E-state index is 10.9. The van der Waals surface area contributed by atoms with Gasteiger partial charge in [-0.3, -0.25) is 10.8 Å². The van der Waals surface area contributed by atoms with E-state index in [0.29, 0.717) is 13.0 Å². The molecule has 1 heterocycles. The van der Waals surface area contributed by atoms with Crippen LogP contribution in [0.3, 0.4) is 0 Å². The molecule has 1 fully saturated rings. The van der Waals surface area contributed by atoms with E-state index in [1.165, 1.54) is 0 Å². The van der Waals surface area contributed by atoms with Crippen LogP contribution in [0.4, 0.5) is 0 Å². The van der Waals surface area contributed by atoms with E-state index < -0.39 is 14.2 Å². The molecule has 0 saturated carbocycles. The summed E-state index contributed by atoms with van der Waals surface area (Å²) < 4.78 is 21.8. The Morgan fingerprint density at radius 1 is 1.36 bits per heavy atom. The maximum Gasteiger partial charge on any atom is 0.294 e. The summed E-state index contributed by atoms with van der Waals surface area (Å²) >= 11 is 0. The highest BCUT2D eigenvalue weighted by Gasteiger charge is 2.25. The second-order valence-electron chi connectivity index (χ2n) is 3.15. The van der Waals surface area contributed by atoms with Crippen LogP contribution in [0, 0.1) is 10.8 Å². The first-order valence-electron chi connectivity index (χ1n) is 4.31. The number of amidine groups is 2. The van der Waals surface area contributed by atoms with Gasteiger partial charge < -0.3 is 4.90 Å². The largest absolute Gasteiger partial charge is 0.305 e. The standard InChI is InChI=1S/C7H12ClN3O2S/c8-14(12,13)7(10)11-5-3-1-2-4-6(11)9/h9-10H,1-5H2. The molecule has 2 N–H and O–H groups in total. The smallest absolute Gasteiger partial charge is 0.294 e. The molecule has 80 valence electrons. The van der Waals surface area contributed by atoms with Crippen LogP contribution < -0.4 is 0 Å². The lowest BCUT2D eigenvalue weighted by Gasteiger charge is -2.20. The van der Waals surface area contributed by atoms with Gasteiger partial charge in [-0.2, -0.15) is 0 Å². The zero-order valence-electron chi connectivity index (χ0n) is 7.59. The van der Waals surface area contributed by atoms with E-state index in [-0.39, 0.29) is 5.84 Å². The van der Waals surface area contributed by atoms with Gasteiger partial charge in [0.05, 0.1) is 0 Å². The summed E-state index contributed by atoms with van der Waals surface area (Å²) in [6, 6.07) is 0. The first-order valence-corrected chi connectivity index (χ1v) is 6.62. The minimum Gasteiger partial charge on any atom is -0.305 e. The number of hydrogen-bond donors (Lipinski definition) is 2.